The SMILES string of the molecule is C=C1NC(=O)C2(N3CC(c4ccccn4)NC3=O)CC1C2. The van der Waals surface area contributed by atoms with Gasteiger partial charge in [-0.05, 0) is 25.0 Å². The maximum Gasteiger partial charge on any atom is 0.318 e. The summed E-state index contributed by atoms with van der Waals surface area (Å²) in [6, 6.07) is 5.27. The van der Waals surface area contributed by atoms with Crippen molar-refractivity contribution in [2.24, 2.45) is 5.92 Å². The van der Waals surface area contributed by atoms with Crippen LogP contribution in [-0.2, 0) is 4.79 Å². The lowest BCUT2D eigenvalue weighted by Crippen LogP contribution is -2.70. The fraction of sp³-hybridized carbons (Fsp3) is 0.400. The van der Waals surface area contributed by atoms with Gasteiger partial charge in [-0.15, -0.1) is 0 Å². The highest BCUT2D eigenvalue weighted by atomic mass is 16.2. The molecule has 6 heteroatoms. The number of allylic oxidation sites excluding steroid dienone is 1. The average molecular weight is 284 g/mol. The minimum atomic E-state index is -0.695. The van der Waals surface area contributed by atoms with Gasteiger partial charge in [0, 0.05) is 24.4 Å². The summed E-state index contributed by atoms with van der Waals surface area (Å²) in [6.07, 6.45) is 3.07. The molecule has 5 rings (SSSR count). The second kappa shape index (κ2) is 4.07. The lowest BCUT2D eigenvalue weighted by molar-refractivity contribution is -0.143. The predicted molar refractivity (Wildman–Crippen MR) is 75.0 cm³/mol. The van der Waals surface area contributed by atoms with Crippen molar-refractivity contribution in [3.05, 3.63) is 42.4 Å². The van der Waals surface area contributed by atoms with E-state index in [2.05, 4.69) is 22.2 Å². The molecule has 0 radical (unpaired) electrons. The zero-order valence-electron chi connectivity index (χ0n) is 11.5. The van der Waals surface area contributed by atoms with Crippen molar-refractivity contribution in [3.63, 3.8) is 0 Å². The summed E-state index contributed by atoms with van der Waals surface area (Å²) in [4.78, 5) is 30.6. The first-order valence-corrected chi connectivity index (χ1v) is 7.09. The van der Waals surface area contributed by atoms with E-state index < -0.39 is 5.54 Å². The van der Waals surface area contributed by atoms with E-state index in [1.807, 2.05) is 18.2 Å². The lowest BCUT2D eigenvalue weighted by Gasteiger charge is -2.55. The van der Waals surface area contributed by atoms with Crippen LogP contribution in [0.1, 0.15) is 24.6 Å². The van der Waals surface area contributed by atoms with E-state index >= 15 is 0 Å². The molecule has 3 aliphatic heterocycles. The number of hydrogen-bond donors (Lipinski definition) is 2. The number of aromatic nitrogens is 1. The van der Waals surface area contributed by atoms with Gasteiger partial charge in [-0.2, -0.15) is 0 Å². The van der Waals surface area contributed by atoms with Gasteiger partial charge in [-0.1, -0.05) is 12.6 Å². The Morgan fingerprint density at radius 3 is 2.81 bits per heavy atom. The topological polar surface area (TPSA) is 74.3 Å². The largest absolute Gasteiger partial charge is 0.328 e. The van der Waals surface area contributed by atoms with Crippen LogP contribution in [0.2, 0.25) is 0 Å². The molecule has 1 aliphatic carbocycles. The van der Waals surface area contributed by atoms with E-state index in [9.17, 15) is 9.59 Å². The molecule has 4 fully saturated rings. The molecule has 1 aromatic heterocycles. The molecule has 3 amide bonds. The zero-order valence-corrected chi connectivity index (χ0v) is 11.5. The third kappa shape index (κ3) is 1.62. The second-order valence-corrected chi connectivity index (χ2v) is 5.98. The van der Waals surface area contributed by atoms with Gasteiger partial charge in [0.05, 0.1) is 11.7 Å². The van der Waals surface area contributed by atoms with Crippen LogP contribution in [0.25, 0.3) is 0 Å². The molecule has 0 spiro atoms. The third-order valence-electron chi connectivity index (χ3n) is 4.83. The van der Waals surface area contributed by atoms with Crippen LogP contribution in [0.4, 0.5) is 4.79 Å². The van der Waals surface area contributed by atoms with Gasteiger partial charge in [0.2, 0.25) is 5.91 Å². The molecule has 108 valence electrons. The molecule has 1 atom stereocenters. The Morgan fingerprint density at radius 2 is 2.14 bits per heavy atom. The van der Waals surface area contributed by atoms with Crippen molar-refractivity contribution in [3.8, 4) is 0 Å². The quantitative estimate of drug-likeness (QED) is 0.849. The summed E-state index contributed by atoms with van der Waals surface area (Å²) in [5.74, 6) is 0.191. The Kier molecular flexibility index (Phi) is 2.40. The number of rotatable bonds is 2. The smallest absolute Gasteiger partial charge is 0.318 e. The lowest BCUT2D eigenvalue weighted by atomic mass is 9.62. The zero-order chi connectivity index (χ0) is 14.6. The van der Waals surface area contributed by atoms with Crippen LogP contribution in [0.3, 0.4) is 0 Å². The van der Waals surface area contributed by atoms with E-state index in [0.717, 1.165) is 11.4 Å². The number of piperidine rings is 2. The molecule has 4 heterocycles. The summed E-state index contributed by atoms with van der Waals surface area (Å²) in [5, 5.41) is 5.72. The molecule has 0 aromatic carbocycles. The number of fused-ring (bicyclic) bond motifs is 2. The van der Waals surface area contributed by atoms with Gasteiger partial charge in [0.1, 0.15) is 5.54 Å². The summed E-state index contributed by atoms with van der Waals surface area (Å²) >= 11 is 0. The number of carbonyl (C=O) groups is 2. The minimum absolute atomic E-state index is 0.105. The molecular formula is C15H16N4O2. The van der Waals surface area contributed by atoms with Crippen LogP contribution in [0.5, 0.6) is 0 Å². The molecule has 1 saturated carbocycles. The van der Waals surface area contributed by atoms with Crippen molar-refractivity contribution in [2.75, 3.05) is 6.54 Å². The summed E-state index contributed by atoms with van der Waals surface area (Å²) in [7, 11) is 0. The monoisotopic (exact) mass is 284 g/mol. The number of amides is 3. The minimum Gasteiger partial charge on any atom is -0.328 e. The van der Waals surface area contributed by atoms with Crippen LogP contribution >= 0.6 is 0 Å². The van der Waals surface area contributed by atoms with Crippen LogP contribution in [-0.4, -0.2) is 33.9 Å². The first-order chi connectivity index (χ1) is 10.1. The average Bonchev–Trinajstić information content (AvgIpc) is 2.81. The van der Waals surface area contributed by atoms with E-state index in [1.54, 1.807) is 11.1 Å². The van der Waals surface area contributed by atoms with Crippen LogP contribution < -0.4 is 10.6 Å². The number of nitrogens with one attached hydrogen (secondary N) is 2. The van der Waals surface area contributed by atoms with Crippen LogP contribution in [0.15, 0.2) is 36.7 Å². The van der Waals surface area contributed by atoms with Crippen LogP contribution in [0, 0.1) is 5.92 Å². The molecule has 1 aromatic rings. The van der Waals surface area contributed by atoms with Crippen molar-refractivity contribution < 1.29 is 9.59 Å². The van der Waals surface area contributed by atoms with Crippen molar-refractivity contribution in [2.45, 2.75) is 24.4 Å². The van der Waals surface area contributed by atoms with E-state index in [1.165, 1.54) is 0 Å². The Balaban J connectivity index is 1.59. The fourth-order valence-corrected chi connectivity index (χ4v) is 3.55. The van der Waals surface area contributed by atoms with Crippen molar-refractivity contribution >= 4 is 11.9 Å². The molecule has 21 heavy (non-hydrogen) atoms. The maximum atomic E-state index is 12.3. The van der Waals surface area contributed by atoms with Gasteiger partial charge in [0.25, 0.3) is 0 Å². The molecule has 1 unspecified atom stereocenters. The normalized spacial score (nSPS) is 34.3. The predicted octanol–water partition coefficient (Wildman–Crippen LogP) is 0.940. The standard InChI is InChI=1S/C15H16N4O2/c1-9-10-6-15(7-10,13(20)17-9)19-8-12(18-14(19)21)11-4-2-3-5-16-11/h2-5,10,12H,1,6-8H2,(H,17,20)(H,18,21). The van der Waals surface area contributed by atoms with Crippen molar-refractivity contribution in [1.82, 2.24) is 20.5 Å². The van der Waals surface area contributed by atoms with Gasteiger partial charge >= 0.3 is 6.03 Å². The van der Waals surface area contributed by atoms with E-state index in [4.69, 9.17) is 0 Å². The number of carbonyl (C=O) groups excluding carboxylic acids is 2. The van der Waals surface area contributed by atoms with E-state index in [-0.39, 0.29) is 18.0 Å². The van der Waals surface area contributed by atoms with Gasteiger partial charge in [0.15, 0.2) is 0 Å². The highest BCUT2D eigenvalue weighted by Gasteiger charge is 2.61. The summed E-state index contributed by atoms with van der Waals surface area (Å²) < 4.78 is 0. The summed E-state index contributed by atoms with van der Waals surface area (Å²) in [6.45, 7) is 4.34. The highest BCUT2D eigenvalue weighted by molar-refractivity contribution is 5.95. The Labute approximate surface area is 122 Å². The van der Waals surface area contributed by atoms with Gasteiger partial charge in [-0.3, -0.25) is 9.78 Å². The number of nitrogens with zero attached hydrogens (tertiary/aromatic N) is 2. The Morgan fingerprint density at radius 1 is 1.33 bits per heavy atom. The maximum absolute atomic E-state index is 12.3. The first kappa shape index (κ1) is 12.4. The number of urea groups is 1. The second-order valence-electron chi connectivity index (χ2n) is 5.98. The molecular weight excluding hydrogens is 268 g/mol. The fourth-order valence-electron chi connectivity index (χ4n) is 3.55. The molecule has 3 saturated heterocycles. The van der Waals surface area contributed by atoms with Gasteiger partial charge in [-0.25, -0.2) is 4.79 Å². The molecule has 2 bridgehead atoms. The van der Waals surface area contributed by atoms with E-state index in [0.29, 0.717) is 25.3 Å². The molecule has 2 N–H and O–H groups in total. The molecule has 4 aliphatic rings. The Hall–Kier alpha value is -2.37. The number of pyridine rings is 1. The molecule has 6 nitrogen and oxygen atoms in total. The number of hydrogen-bond acceptors (Lipinski definition) is 3. The third-order valence-corrected chi connectivity index (χ3v) is 4.83. The van der Waals surface area contributed by atoms with Gasteiger partial charge < -0.3 is 15.5 Å². The Bertz CT molecular complexity index is 636. The first-order valence-electron chi connectivity index (χ1n) is 7.09. The summed E-state index contributed by atoms with van der Waals surface area (Å²) in [5.41, 5.74) is 0.906. The highest BCUT2D eigenvalue weighted by Crippen LogP contribution is 2.50. The van der Waals surface area contributed by atoms with Crippen molar-refractivity contribution in [1.29, 1.82) is 0 Å².